The van der Waals surface area contributed by atoms with Crippen molar-refractivity contribution in [1.29, 1.82) is 0 Å². The lowest BCUT2D eigenvalue weighted by atomic mass is 10.1. The highest BCUT2D eigenvalue weighted by atomic mass is 16.6. The standard InChI is InChI=1S/C20H18N8O2/c1-13-19(27(2)26-25-13)14-11-17(20(23-12-14)28(29)30)24-18(15-7-3-5-9-21-15)16-8-4-6-10-22-16/h3-12,18,24H,1-2H3. The average Bonchev–Trinajstić information content (AvgIpc) is 3.11. The largest absolute Gasteiger partial charge is 0.386 e. The first-order chi connectivity index (χ1) is 14.5. The van der Waals surface area contributed by atoms with Crippen molar-refractivity contribution >= 4 is 11.5 Å². The molecule has 0 atom stereocenters. The van der Waals surface area contributed by atoms with E-state index in [-0.39, 0.29) is 11.5 Å². The third kappa shape index (κ3) is 3.70. The molecule has 1 N–H and O–H groups in total. The predicted octanol–water partition coefficient (Wildman–Crippen LogP) is 3.09. The minimum atomic E-state index is -0.519. The second-order valence-electron chi connectivity index (χ2n) is 6.59. The molecule has 0 saturated carbocycles. The molecular formula is C20H18N8O2. The van der Waals surface area contributed by atoms with Gasteiger partial charge in [-0.25, -0.2) is 4.68 Å². The molecule has 0 amide bonds. The number of hydrogen-bond donors (Lipinski definition) is 1. The summed E-state index contributed by atoms with van der Waals surface area (Å²) in [4.78, 5) is 24.0. The van der Waals surface area contributed by atoms with Crippen LogP contribution in [0.15, 0.2) is 61.1 Å². The molecule has 0 spiro atoms. The zero-order valence-corrected chi connectivity index (χ0v) is 16.3. The summed E-state index contributed by atoms with van der Waals surface area (Å²) < 4.78 is 1.61. The molecule has 0 saturated heterocycles. The van der Waals surface area contributed by atoms with E-state index in [9.17, 15) is 10.1 Å². The molecule has 10 nitrogen and oxygen atoms in total. The second kappa shape index (κ2) is 8.03. The molecule has 4 aromatic heterocycles. The molecule has 0 aliphatic rings. The SMILES string of the molecule is Cc1nnn(C)c1-c1cnc([N+](=O)[O-])c(NC(c2ccccn2)c2ccccn2)c1. The van der Waals surface area contributed by atoms with Crippen molar-refractivity contribution in [3.63, 3.8) is 0 Å². The molecule has 10 heteroatoms. The van der Waals surface area contributed by atoms with Crippen LogP contribution in [0.25, 0.3) is 11.3 Å². The van der Waals surface area contributed by atoms with E-state index in [2.05, 4.69) is 30.6 Å². The second-order valence-corrected chi connectivity index (χ2v) is 6.59. The highest BCUT2D eigenvalue weighted by molar-refractivity contribution is 5.71. The van der Waals surface area contributed by atoms with Crippen LogP contribution in [-0.2, 0) is 7.05 Å². The molecule has 0 radical (unpaired) electrons. The third-order valence-electron chi connectivity index (χ3n) is 4.58. The maximum atomic E-state index is 11.6. The van der Waals surface area contributed by atoms with Gasteiger partial charge >= 0.3 is 5.82 Å². The molecular weight excluding hydrogens is 384 g/mol. The Labute approximate surface area is 171 Å². The summed E-state index contributed by atoms with van der Waals surface area (Å²) in [6, 6.07) is 12.2. The van der Waals surface area contributed by atoms with Gasteiger partial charge in [0.15, 0.2) is 0 Å². The van der Waals surface area contributed by atoms with E-state index in [1.807, 2.05) is 43.3 Å². The van der Waals surface area contributed by atoms with Gasteiger partial charge in [0.25, 0.3) is 0 Å². The fraction of sp³-hybridized carbons (Fsp3) is 0.150. The lowest BCUT2D eigenvalue weighted by Gasteiger charge is -2.19. The summed E-state index contributed by atoms with van der Waals surface area (Å²) in [6.07, 6.45) is 4.78. The number of pyridine rings is 3. The topological polar surface area (TPSA) is 125 Å². The van der Waals surface area contributed by atoms with Gasteiger partial charge in [0, 0.05) is 25.0 Å². The van der Waals surface area contributed by atoms with Crippen LogP contribution in [0, 0.1) is 17.0 Å². The summed E-state index contributed by atoms with van der Waals surface area (Å²) >= 11 is 0. The maximum absolute atomic E-state index is 11.6. The molecule has 0 fully saturated rings. The zero-order chi connectivity index (χ0) is 21.1. The van der Waals surface area contributed by atoms with Crippen molar-refractivity contribution in [2.75, 3.05) is 5.32 Å². The van der Waals surface area contributed by atoms with Gasteiger partial charge in [-0.2, -0.15) is 0 Å². The highest BCUT2D eigenvalue weighted by Gasteiger charge is 2.24. The average molecular weight is 402 g/mol. The molecule has 0 unspecified atom stereocenters. The third-order valence-corrected chi connectivity index (χ3v) is 4.58. The number of aromatic nitrogens is 6. The Balaban J connectivity index is 1.82. The summed E-state index contributed by atoms with van der Waals surface area (Å²) in [5, 5.41) is 22.9. The number of nitrogens with one attached hydrogen (secondary N) is 1. The molecule has 0 aliphatic carbocycles. The Morgan fingerprint density at radius 1 is 1.07 bits per heavy atom. The number of rotatable bonds is 6. The number of aryl methyl sites for hydroxylation is 2. The summed E-state index contributed by atoms with van der Waals surface area (Å²) in [5.41, 5.74) is 3.69. The number of nitrogens with zero attached hydrogens (tertiary/aromatic N) is 7. The van der Waals surface area contributed by atoms with Gasteiger partial charge in [0.2, 0.25) is 0 Å². The van der Waals surface area contributed by atoms with Gasteiger partial charge in [-0.1, -0.05) is 17.3 Å². The van der Waals surface area contributed by atoms with Crippen molar-refractivity contribution < 1.29 is 4.92 Å². The van der Waals surface area contributed by atoms with Crippen molar-refractivity contribution in [3.8, 4) is 11.3 Å². The molecule has 4 heterocycles. The Bertz CT molecular complexity index is 1120. The van der Waals surface area contributed by atoms with Crippen LogP contribution in [0.2, 0.25) is 0 Å². The number of nitro groups is 1. The minimum Gasteiger partial charge on any atom is -0.365 e. The van der Waals surface area contributed by atoms with E-state index < -0.39 is 11.0 Å². The van der Waals surface area contributed by atoms with Crippen LogP contribution in [0.5, 0.6) is 0 Å². The van der Waals surface area contributed by atoms with E-state index in [0.29, 0.717) is 22.6 Å². The van der Waals surface area contributed by atoms with E-state index in [1.165, 1.54) is 6.20 Å². The van der Waals surface area contributed by atoms with Crippen molar-refractivity contribution in [1.82, 2.24) is 29.9 Å². The van der Waals surface area contributed by atoms with Gasteiger partial charge in [0.1, 0.15) is 17.9 Å². The van der Waals surface area contributed by atoms with Crippen molar-refractivity contribution in [2.45, 2.75) is 13.0 Å². The molecule has 4 aromatic rings. The van der Waals surface area contributed by atoms with E-state index in [0.717, 1.165) is 5.69 Å². The fourth-order valence-corrected chi connectivity index (χ4v) is 3.24. The van der Waals surface area contributed by atoms with E-state index in [1.54, 1.807) is 30.2 Å². The number of anilines is 1. The smallest absolute Gasteiger partial charge is 0.365 e. The first-order valence-electron chi connectivity index (χ1n) is 9.14. The van der Waals surface area contributed by atoms with Crippen molar-refractivity contribution in [3.05, 3.63) is 88.3 Å². The van der Waals surface area contributed by atoms with Crippen LogP contribution in [0.4, 0.5) is 11.5 Å². The summed E-state index contributed by atoms with van der Waals surface area (Å²) in [7, 11) is 1.76. The zero-order valence-electron chi connectivity index (χ0n) is 16.3. The van der Waals surface area contributed by atoms with Gasteiger partial charge in [0.05, 0.1) is 22.8 Å². The van der Waals surface area contributed by atoms with Gasteiger partial charge in [-0.15, -0.1) is 5.10 Å². The first kappa shape index (κ1) is 19.1. The predicted molar refractivity (Wildman–Crippen MR) is 110 cm³/mol. The first-order valence-corrected chi connectivity index (χ1v) is 9.14. The van der Waals surface area contributed by atoms with Crippen LogP contribution in [-0.4, -0.2) is 34.9 Å². The molecule has 4 rings (SSSR count). The Hall–Kier alpha value is -4.21. The Kier molecular flexibility index (Phi) is 5.12. The summed E-state index contributed by atoms with van der Waals surface area (Å²) in [6.45, 7) is 1.82. The van der Waals surface area contributed by atoms with Gasteiger partial charge in [-0.05, 0) is 47.2 Å². The van der Waals surface area contributed by atoms with Crippen LogP contribution < -0.4 is 5.32 Å². The van der Waals surface area contributed by atoms with Gasteiger partial charge < -0.3 is 15.4 Å². The van der Waals surface area contributed by atoms with Crippen LogP contribution in [0.1, 0.15) is 23.1 Å². The van der Waals surface area contributed by atoms with E-state index in [4.69, 9.17) is 0 Å². The lowest BCUT2D eigenvalue weighted by Crippen LogP contribution is -2.16. The molecule has 0 aromatic carbocycles. The van der Waals surface area contributed by atoms with E-state index >= 15 is 0 Å². The molecule has 0 aliphatic heterocycles. The van der Waals surface area contributed by atoms with Crippen molar-refractivity contribution in [2.24, 2.45) is 7.05 Å². The Morgan fingerprint density at radius 2 is 1.73 bits per heavy atom. The highest BCUT2D eigenvalue weighted by Crippen LogP contribution is 2.33. The summed E-state index contributed by atoms with van der Waals surface area (Å²) in [5.74, 6) is -0.289. The Morgan fingerprint density at radius 3 is 2.23 bits per heavy atom. The minimum absolute atomic E-state index is 0.249. The quantitative estimate of drug-likeness (QED) is 0.385. The molecule has 30 heavy (non-hydrogen) atoms. The fourth-order valence-electron chi connectivity index (χ4n) is 3.24. The number of hydrogen-bond acceptors (Lipinski definition) is 8. The lowest BCUT2D eigenvalue weighted by molar-refractivity contribution is -0.388. The van der Waals surface area contributed by atoms with Crippen LogP contribution in [0.3, 0.4) is 0 Å². The monoisotopic (exact) mass is 402 g/mol. The van der Waals surface area contributed by atoms with Gasteiger partial charge in [-0.3, -0.25) is 9.97 Å². The maximum Gasteiger partial charge on any atom is 0.386 e. The molecule has 0 bridgehead atoms. The normalized spacial score (nSPS) is 10.9. The van der Waals surface area contributed by atoms with Crippen LogP contribution >= 0.6 is 0 Å². The molecule has 150 valence electrons.